The van der Waals surface area contributed by atoms with E-state index < -0.39 is 11.7 Å². The normalized spacial score (nSPS) is 18.2. The van der Waals surface area contributed by atoms with Gasteiger partial charge in [-0.15, -0.1) is 0 Å². The zero-order valence-electron chi connectivity index (χ0n) is 17.3. The van der Waals surface area contributed by atoms with Crippen LogP contribution in [0, 0.1) is 0 Å². The van der Waals surface area contributed by atoms with E-state index in [9.17, 15) is 13.2 Å². The molecule has 1 fully saturated rings. The summed E-state index contributed by atoms with van der Waals surface area (Å²) in [4.78, 5) is 8.48. The fourth-order valence-electron chi connectivity index (χ4n) is 4.06. The third kappa shape index (κ3) is 4.07. The molecule has 0 bridgehead atoms. The molecule has 1 aliphatic heterocycles. The van der Waals surface area contributed by atoms with Crippen molar-refractivity contribution in [2.24, 2.45) is 14.1 Å². The van der Waals surface area contributed by atoms with E-state index in [0.29, 0.717) is 12.4 Å². The summed E-state index contributed by atoms with van der Waals surface area (Å²) in [5, 5.41) is 4.65. The van der Waals surface area contributed by atoms with Crippen LogP contribution in [0.3, 0.4) is 0 Å². The van der Waals surface area contributed by atoms with Crippen LogP contribution in [0.2, 0.25) is 0 Å². The van der Waals surface area contributed by atoms with Gasteiger partial charge in [-0.05, 0) is 31.2 Å². The van der Waals surface area contributed by atoms with Gasteiger partial charge in [-0.25, -0.2) is 4.98 Å². The molecule has 1 saturated heterocycles. The Morgan fingerprint density at radius 1 is 1.13 bits per heavy atom. The van der Waals surface area contributed by atoms with Crippen LogP contribution in [-0.2, 0) is 26.8 Å². The molecule has 0 radical (unpaired) electrons. The summed E-state index contributed by atoms with van der Waals surface area (Å²) in [6, 6.07) is 6.76. The maximum Gasteiger partial charge on any atom is 0.417 e. The monoisotopic (exact) mass is 418 g/mol. The van der Waals surface area contributed by atoms with Crippen LogP contribution in [0.4, 0.5) is 19.0 Å². The van der Waals surface area contributed by atoms with Crippen molar-refractivity contribution in [3.8, 4) is 11.4 Å². The largest absolute Gasteiger partial charge is 0.417 e. The quantitative estimate of drug-likeness (QED) is 0.650. The van der Waals surface area contributed by atoms with E-state index in [0.717, 1.165) is 48.8 Å². The molecule has 9 heteroatoms. The molecule has 0 spiro atoms. The first kappa shape index (κ1) is 20.5. The highest BCUT2D eigenvalue weighted by atomic mass is 19.4. The van der Waals surface area contributed by atoms with Crippen molar-refractivity contribution in [2.45, 2.75) is 25.7 Å². The average Bonchev–Trinajstić information content (AvgIpc) is 3.26. The van der Waals surface area contributed by atoms with Gasteiger partial charge in [0.25, 0.3) is 0 Å². The number of aromatic nitrogens is 4. The highest BCUT2D eigenvalue weighted by molar-refractivity contribution is 5.59. The lowest BCUT2D eigenvalue weighted by Crippen LogP contribution is -2.51. The van der Waals surface area contributed by atoms with E-state index in [1.807, 2.05) is 31.0 Å². The molecule has 160 valence electrons. The van der Waals surface area contributed by atoms with Crippen molar-refractivity contribution in [1.29, 1.82) is 0 Å². The lowest BCUT2D eigenvalue weighted by molar-refractivity contribution is -0.137. The molecule has 4 heterocycles. The van der Waals surface area contributed by atoms with Crippen LogP contribution in [0.1, 0.15) is 18.1 Å². The number of pyridine rings is 1. The Hall–Kier alpha value is -2.81. The van der Waals surface area contributed by atoms with Crippen molar-refractivity contribution < 1.29 is 13.2 Å². The number of aryl methyl sites for hydroxylation is 2. The minimum Gasteiger partial charge on any atom is -0.351 e. The minimum absolute atomic E-state index is 0.137. The predicted molar refractivity (Wildman–Crippen MR) is 109 cm³/mol. The SMILES string of the molecule is C[C@@H]1CN(Cc2cn(C)nc2-c2cccn2C)CCN1c1ccc(C(F)(F)F)cn1. The molecule has 0 N–H and O–H groups in total. The van der Waals surface area contributed by atoms with Crippen molar-refractivity contribution in [3.63, 3.8) is 0 Å². The third-order valence-electron chi connectivity index (χ3n) is 5.57. The molecule has 1 atom stereocenters. The summed E-state index contributed by atoms with van der Waals surface area (Å²) in [6.45, 7) is 5.15. The molecule has 6 nitrogen and oxygen atoms in total. The fourth-order valence-corrected chi connectivity index (χ4v) is 4.06. The topological polar surface area (TPSA) is 42.1 Å². The van der Waals surface area contributed by atoms with Crippen molar-refractivity contribution in [3.05, 3.63) is 54.0 Å². The van der Waals surface area contributed by atoms with E-state index in [4.69, 9.17) is 0 Å². The Kier molecular flexibility index (Phi) is 5.31. The molecule has 4 rings (SSSR count). The maximum absolute atomic E-state index is 12.8. The van der Waals surface area contributed by atoms with Gasteiger partial charge >= 0.3 is 6.18 Å². The summed E-state index contributed by atoms with van der Waals surface area (Å²) in [5.74, 6) is 0.584. The summed E-state index contributed by atoms with van der Waals surface area (Å²) in [5.41, 5.74) is 2.49. The first-order valence-electron chi connectivity index (χ1n) is 9.89. The van der Waals surface area contributed by atoms with E-state index in [-0.39, 0.29) is 6.04 Å². The first-order chi connectivity index (χ1) is 14.2. The highest BCUT2D eigenvalue weighted by Gasteiger charge is 2.32. The van der Waals surface area contributed by atoms with Gasteiger partial charge in [-0.3, -0.25) is 9.58 Å². The first-order valence-corrected chi connectivity index (χ1v) is 9.89. The number of hydrogen-bond donors (Lipinski definition) is 0. The van der Waals surface area contributed by atoms with E-state index in [1.165, 1.54) is 6.07 Å². The lowest BCUT2D eigenvalue weighted by atomic mass is 10.1. The smallest absolute Gasteiger partial charge is 0.351 e. The Bertz CT molecular complexity index is 1000. The highest BCUT2D eigenvalue weighted by Crippen LogP contribution is 2.30. The molecule has 0 aliphatic carbocycles. The van der Waals surface area contributed by atoms with E-state index in [1.54, 1.807) is 0 Å². The summed E-state index contributed by atoms with van der Waals surface area (Å²) >= 11 is 0. The Morgan fingerprint density at radius 2 is 1.93 bits per heavy atom. The lowest BCUT2D eigenvalue weighted by Gasteiger charge is -2.40. The molecule has 0 unspecified atom stereocenters. The molecule has 0 amide bonds. The summed E-state index contributed by atoms with van der Waals surface area (Å²) < 4.78 is 42.3. The van der Waals surface area contributed by atoms with Gasteiger partial charge in [0.05, 0.1) is 11.3 Å². The van der Waals surface area contributed by atoms with Gasteiger partial charge in [0.15, 0.2) is 0 Å². The Balaban J connectivity index is 1.45. The van der Waals surface area contributed by atoms with Gasteiger partial charge in [0.1, 0.15) is 11.5 Å². The summed E-state index contributed by atoms with van der Waals surface area (Å²) in [6.07, 6.45) is 0.605. The fraction of sp³-hybridized carbons (Fsp3) is 0.429. The zero-order valence-corrected chi connectivity index (χ0v) is 17.3. The number of anilines is 1. The second kappa shape index (κ2) is 7.79. The van der Waals surface area contributed by atoms with Crippen LogP contribution in [-0.4, -0.2) is 49.9 Å². The molecule has 30 heavy (non-hydrogen) atoms. The predicted octanol–water partition coefficient (Wildman–Crippen LogP) is 3.55. The van der Waals surface area contributed by atoms with E-state index >= 15 is 0 Å². The molecular weight excluding hydrogens is 393 g/mol. The molecule has 3 aromatic heterocycles. The molecule has 3 aromatic rings. The van der Waals surface area contributed by atoms with Crippen LogP contribution in [0.15, 0.2) is 42.9 Å². The molecule has 0 aromatic carbocycles. The van der Waals surface area contributed by atoms with Gasteiger partial charge in [-0.1, -0.05) is 0 Å². The molecule has 1 aliphatic rings. The number of rotatable bonds is 4. The van der Waals surface area contributed by atoms with Crippen LogP contribution in [0.5, 0.6) is 0 Å². The van der Waals surface area contributed by atoms with Crippen molar-refractivity contribution in [2.75, 3.05) is 24.5 Å². The maximum atomic E-state index is 12.8. The molecular formula is C21H25F3N6. The second-order valence-corrected chi connectivity index (χ2v) is 7.86. The summed E-state index contributed by atoms with van der Waals surface area (Å²) in [7, 11) is 3.93. The van der Waals surface area contributed by atoms with Crippen LogP contribution >= 0.6 is 0 Å². The zero-order chi connectivity index (χ0) is 21.5. The number of halogens is 3. The average molecular weight is 418 g/mol. The number of hydrogen-bond acceptors (Lipinski definition) is 4. The van der Waals surface area contributed by atoms with Crippen molar-refractivity contribution >= 4 is 5.82 Å². The van der Waals surface area contributed by atoms with E-state index in [2.05, 4.69) is 43.6 Å². The van der Waals surface area contributed by atoms with Gasteiger partial charge in [-0.2, -0.15) is 18.3 Å². The Labute approximate surface area is 173 Å². The third-order valence-corrected chi connectivity index (χ3v) is 5.57. The Morgan fingerprint density at radius 3 is 2.53 bits per heavy atom. The number of piperazine rings is 1. The van der Waals surface area contributed by atoms with Gasteiger partial charge in [0.2, 0.25) is 0 Å². The van der Waals surface area contributed by atoms with Gasteiger partial charge < -0.3 is 9.47 Å². The molecule has 0 saturated carbocycles. The van der Waals surface area contributed by atoms with Gasteiger partial charge in [0, 0.05) is 70.5 Å². The second-order valence-electron chi connectivity index (χ2n) is 7.86. The van der Waals surface area contributed by atoms with Crippen LogP contribution < -0.4 is 4.90 Å². The van der Waals surface area contributed by atoms with Crippen LogP contribution in [0.25, 0.3) is 11.4 Å². The number of alkyl halides is 3. The number of nitrogens with zero attached hydrogens (tertiary/aromatic N) is 6. The standard InChI is InChI=1S/C21H25F3N6/c1-15-12-29(9-10-30(15)19-7-6-17(11-25-19)21(22,23)24)14-16-13-28(3)26-20(16)18-5-4-8-27(18)2/h4-8,11,13,15H,9-10,12,14H2,1-3H3/t15-/m1/s1. The van der Waals surface area contributed by atoms with Crippen molar-refractivity contribution in [1.82, 2.24) is 24.2 Å². The minimum atomic E-state index is -4.37.